The van der Waals surface area contributed by atoms with Crippen molar-refractivity contribution in [3.8, 4) is 11.5 Å². The van der Waals surface area contributed by atoms with Crippen LogP contribution in [0.4, 0.5) is 14.5 Å². The molecule has 0 saturated carbocycles. The Morgan fingerprint density at radius 3 is 2.67 bits per heavy atom. The third-order valence-corrected chi connectivity index (χ3v) is 3.71. The molecule has 0 aromatic heterocycles. The summed E-state index contributed by atoms with van der Waals surface area (Å²) in [5, 5.41) is 2.61. The summed E-state index contributed by atoms with van der Waals surface area (Å²) < 4.78 is 32.4. The summed E-state index contributed by atoms with van der Waals surface area (Å²) >= 11 is 3.28. The molecule has 1 aliphatic rings. The van der Waals surface area contributed by atoms with E-state index >= 15 is 0 Å². The largest absolute Gasteiger partial charge is 0.453 e. The molecule has 4 nitrogen and oxygen atoms in total. The summed E-state index contributed by atoms with van der Waals surface area (Å²) in [5.41, 5.74) is 6.86. The number of nitrogens with two attached hydrogens (primary N) is 1. The molecule has 1 heterocycles. The zero-order chi connectivity index (χ0) is 15.1. The lowest BCUT2D eigenvalue weighted by molar-refractivity contribution is -0.116. The average Bonchev–Trinajstić information content (AvgIpc) is 2.69. The van der Waals surface area contributed by atoms with Crippen molar-refractivity contribution in [3.05, 3.63) is 52.0 Å². The minimum Gasteiger partial charge on any atom is -0.453 e. The van der Waals surface area contributed by atoms with Crippen LogP contribution in [-0.2, 0) is 4.79 Å². The minimum atomic E-state index is -0.817. The van der Waals surface area contributed by atoms with Gasteiger partial charge in [0.15, 0.2) is 11.6 Å². The Hall–Kier alpha value is -1.99. The van der Waals surface area contributed by atoms with Crippen LogP contribution in [0.2, 0.25) is 0 Å². The predicted molar refractivity (Wildman–Crippen MR) is 76.1 cm³/mol. The lowest BCUT2D eigenvalue weighted by Gasteiger charge is -2.11. The van der Waals surface area contributed by atoms with Gasteiger partial charge in [0.25, 0.3) is 0 Å². The van der Waals surface area contributed by atoms with Crippen LogP contribution in [-0.4, -0.2) is 5.91 Å². The summed E-state index contributed by atoms with van der Waals surface area (Å²) in [6.45, 7) is 0. The maximum Gasteiger partial charge on any atom is 0.245 e. The fraction of sp³-hybridized carbons (Fsp3) is 0.0714. The number of ether oxygens (including phenoxy) is 1. The number of fused-ring (bicyclic) bond motifs is 1. The molecule has 3 rings (SSSR count). The van der Waals surface area contributed by atoms with Gasteiger partial charge in [0.1, 0.15) is 17.6 Å². The highest BCUT2D eigenvalue weighted by Crippen LogP contribution is 2.39. The van der Waals surface area contributed by atoms with Crippen molar-refractivity contribution < 1.29 is 18.3 Å². The lowest BCUT2D eigenvalue weighted by atomic mass is 10.1. The number of halogens is 3. The molecule has 0 fully saturated rings. The number of anilines is 1. The van der Waals surface area contributed by atoms with E-state index in [-0.39, 0.29) is 17.4 Å². The number of hydrogen-bond acceptors (Lipinski definition) is 3. The van der Waals surface area contributed by atoms with Crippen molar-refractivity contribution >= 4 is 27.5 Å². The number of rotatable bonds is 2. The van der Waals surface area contributed by atoms with E-state index in [0.717, 1.165) is 12.1 Å². The van der Waals surface area contributed by atoms with Gasteiger partial charge in [-0.25, -0.2) is 8.78 Å². The van der Waals surface area contributed by atoms with Crippen LogP contribution in [0.15, 0.2) is 34.8 Å². The molecule has 2 aromatic carbocycles. The Labute approximate surface area is 127 Å². The first-order valence-electron chi connectivity index (χ1n) is 5.98. The Kier molecular flexibility index (Phi) is 3.38. The number of nitrogens with one attached hydrogen (secondary N) is 1. The number of carbonyl (C=O) groups is 1. The average molecular weight is 355 g/mol. The van der Waals surface area contributed by atoms with Crippen molar-refractivity contribution in [2.24, 2.45) is 5.73 Å². The number of amides is 1. The summed E-state index contributed by atoms with van der Waals surface area (Å²) in [6.07, 6.45) is 0. The maximum absolute atomic E-state index is 13.6. The first-order valence-corrected chi connectivity index (χ1v) is 6.78. The van der Waals surface area contributed by atoms with Crippen LogP contribution < -0.4 is 15.8 Å². The monoisotopic (exact) mass is 354 g/mol. The number of benzene rings is 2. The molecule has 0 radical (unpaired) electrons. The van der Waals surface area contributed by atoms with E-state index in [1.54, 1.807) is 6.07 Å². The quantitative estimate of drug-likeness (QED) is 0.867. The van der Waals surface area contributed by atoms with Gasteiger partial charge in [-0.1, -0.05) is 0 Å². The van der Waals surface area contributed by atoms with Crippen molar-refractivity contribution in [3.63, 3.8) is 0 Å². The molecule has 1 amide bonds. The summed E-state index contributed by atoms with van der Waals surface area (Å²) in [5.74, 6) is -1.66. The van der Waals surface area contributed by atoms with E-state index in [1.165, 1.54) is 12.1 Å². The van der Waals surface area contributed by atoms with Crippen LogP contribution in [0.1, 0.15) is 11.6 Å². The van der Waals surface area contributed by atoms with E-state index in [2.05, 4.69) is 21.2 Å². The second-order valence-corrected chi connectivity index (χ2v) is 5.37. The van der Waals surface area contributed by atoms with Crippen LogP contribution in [0.25, 0.3) is 0 Å². The van der Waals surface area contributed by atoms with Gasteiger partial charge in [0, 0.05) is 23.4 Å². The zero-order valence-electron chi connectivity index (χ0n) is 10.5. The molecule has 1 atom stereocenters. The maximum atomic E-state index is 13.6. The van der Waals surface area contributed by atoms with E-state index in [0.29, 0.717) is 15.7 Å². The minimum absolute atomic E-state index is 0.120. The van der Waals surface area contributed by atoms with Crippen LogP contribution >= 0.6 is 15.9 Å². The van der Waals surface area contributed by atoms with Gasteiger partial charge >= 0.3 is 0 Å². The Balaban J connectivity index is 1.97. The van der Waals surface area contributed by atoms with E-state index < -0.39 is 17.7 Å². The predicted octanol–water partition coefficient (Wildman–Crippen LogP) is 3.47. The molecule has 0 aliphatic carbocycles. The van der Waals surface area contributed by atoms with E-state index in [1.807, 2.05) is 0 Å². The fourth-order valence-electron chi connectivity index (χ4n) is 2.04. The highest BCUT2D eigenvalue weighted by molar-refractivity contribution is 9.10. The Bertz CT molecular complexity index is 752. The van der Waals surface area contributed by atoms with Crippen LogP contribution in [0, 0.1) is 11.6 Å². The van der Waals surface area contributed by atoms with Crippen molar-refractivity contribution in [1.29, 1.82) is 0 Å². The van der Waals surface area contributed by atoms with Crippen molar-refractivity contribution in [1.82, 2.24) is 0 Å². The zero-order valence-corrected chi connectivity index (χ0v) is 12.1. The van der Waals surface area contributed by atoms with Gasteiger partial charge in [-0.05, 0) is 34.1 Å². The molecule has 2 aromatic rings. The molecule has 3 N–H and O–H groups in total. The molecule has 108 valence electrons. The Morgan fingerprint density at radius 2 is 1.95 bits per heavy atom. The highest BCUT2D eigenvalue weighted by Gasteiger charge is 2.28. The van der Waals surface area contributed by atoms with Crippen LogP contribution in [0.5, 0.6) is 11.5 Å². The van der Waals surface area contributed by atoms with E-state index in [4.69, 9.17) is 10.5 Å². The van der Waals surface area contributed by atoms with Crippen molar-refractivity contribution in [2.75, 3.05) is 5.32 Å². The number of carbonyl (C=O) groups excluding carboxylic acids is 1. The molecule has 1 aliphatic heterocycles. The van der Waals surface area contributed by atoms with Gasteiger partial charge < -0.3 is 15.8 Å². The molecule has 7 heteroatoms. The second kappa shape index (κ2) is 5.09. The molecular weight excluding hydrogens is 346 g/mol. The van der Waals surface area contributed by atoms with Gasteiger partial charge in [-0.3, -0.25) is 4.79 Å². The molecule has 0 spiro atoms. The van der Waals surface area contributed by atoms with Gasteiger partial charge in [-0.2, -0.15) is 0 Å². The van der Waals surface area contributed by atoms with Crippen molar-refractivity contribution in [2.45, 2.75) is 6.04 Å². The lowest BCUT2D eigenvalue weighted by Crippen LogP contribution is -2.19. The second-order valence-electron chi connectivity index (χ2n) is 4.51. The number of hydrogen-bond donors (Lipinski definition) is 2. The van der Waals surface area contributed by atoms with Gasteiger partial charge in [0.05, 0.1) is 4.47 Å². The molecule has 0 bridgehead atoms. The van der Waals surface area contributed by atoms with E-state index in [9.17, 15) is 13.6 Å². The fourth-order valence-corrected chi connectivity index (χ4v) is 2.48. The first kappa shape index (κ1) is 14.0. The smallest absolute Gasteiger partial charge is 0.245 e. The van der Waals surface area contributed by atoms with Crippen LogP contribution in [0.3, 0.4) is 0 Å². The first-order chi connectivity index (χ1) is 9.95. The summed E-state index contributed by atoms with van der Waals surface area (Å²) in [6, 6.07) is 5.44. The standard InChI is InChI=1S/C14H9BrF2N2O2/c15-8-4-7-10(19-14(20)13(7)18)5-12(8)21-11-2-1-6(16)3-9(11)17/h1-5,13H,18H2,(H,19,20). The molecule has 21 heavy (non-hydrogen) atoms. The molecule has 1 unspecified atom stereocenters. The molecular formula is C14H9BrF2N2O2. The SMILES string of the molecule is NC1C(=O)Nc2cc(Oc3ccc(F)cc3F)c(Br)cc21. The summed E-state index contributed by atoms with van der Waals surface area (Å²) in [4.78, 5) is 11.5. The Morgan fingerprint density at radius 1 is 1.19 bits per heavy atom. The topological polar surface area (TPSA) is 64.4 Å². The highest BCUT2D eigenvalue weighted by atomic mass is 79.9. The molecule has 0 saturated heterocycles. The third kappa shape index (κ3) is 2.50. The van der Waals surface area contributed by atoms with Gasteiger partial charge in [0.2, 0.25) is 5.91 Å². The summed E-state index contributed by atoms with van der Waals surface area (Å²) in [7, 11) is 0. The normalized spacial score (nSPS) is 16.6. The third-order valence-electron chi connectivity index (χ3n) is 3.09. The van der Waals surface area contributed by atoms with Gasteiger partial charge in [-0.15, -0.1) is 0 Å².